The molecule has 2 atom stereocenters. The van der Waals surface area contributed by atoms with E-state index < -0.39 is 0 Å². The van der Waals surface area contributed by atoms with Gasteiger partial charge in [0.25, 0.3) is 0 Å². The fraction of sp³-hybridized carbons (Fsp3) is 0.909. The summed E-state index contributed by atoms with van der Waals surface area (Å²) in [5.74, 6) is 1.65. The van der Waals surface area contributed by atoms with Crippen LogP contribution in [0.1, 0.15) is 19.8 Å². The Balaban J connectivity index is 2.36. The number of thioether (sulfide) groups is 1. The Morgan fingerprint density at radius 2 is 2.40 bits per heavy atom. The van der Waals surface area contributed by atoms with Crippen LogP contribution in [0.15, 0.2) is 0 Å². The van der Waals surface area contributed by atoms with Crippen LogP contribution >= 0.6 is 11.8 Å². The first kappa shape index (κ1) is 12.8. The Kier molecular flexibility index (Phi) is 5.47. The zero-order valence-electron chi connectivity index (χ0n) is 9.95. The highest BCUT2D eigenvalue weighted by atomic mass is 32.2. The molecule has 0 aromatic rings. The number of amides is 1. The van der Waals surface area contributed by atoms with Gasteiger partial charge in [0.15, 0.2) is 0 Å². The summed E-state index contributed by atoms with van der Waals surface area (Å²) in [6, 6.07) is 0.366. The van der Waals surface area contributed by atoms with Gasteiger partial charge in [0.1, 0.15) is 0 Å². The molecule has 4 heteroatoms. The van der Waals surface area contributed by atoms with Crippen molar-refractivity contribution in [2.75, 3.05) is 32.1 Å². The van der Waals surface area contributed by atoms with Crippen LogP contribution in [0.4, 0.5) is 0 Å². The predicted octanol–water partition coefficient (Wildman–Crippen LogP) is 1.20. The van der Waals surface area contributed by atoms with Crippen LogP contribution in [0, 0.1) is 5.92 Å². The van der Waals surface area contributed by atoms with Crippen LogP contribution in [-0.4, -0.2) is 49.0 Å². The Labute approximate surface area is 97.0 Å². The van der Waals surface area contributed by atoms with Crippen LogP contribution in [-0.2, 0) is 4.79 Å². The largest absolute Gasteiger partial charge is 0.343 e. The average Bonchev–Trinajstić information content (AvgIpc) is 2.77. The van der Waals surface area contributed by atoms with Gasteiger partial charge < -0.3 is 10.2 Å². The summed E-state index contributed by atoms with van der Waals surface area (Å²) in [4.78, 5) is 14.0. The van der Waals surface area contributed by atoms with Crippen LogP contribution in [0.5, 0.6) is 0 Å². The van der Waals surface area contributed by atoms with Crippen molar-refractivity contribution >= 4 is 17.7 Å². The van der Waals surface area contributed by atoms with Gasteiger partial charge in [0, 0.05) is 19.6 Å². The number of nitrogens with zero attached hydrogens (tertiary/aromatic N) is 1. The molecule has 1 N–H and O–H groups in total. The van der Waals surface area contributed by atoms with E-state index in [0.29, 0.717) is 11.9 Å². The molecular weight excluding hydrogens is 208 g/mol. The quantitative estimate of drug-likeness (QED) is 0.770. The minimum absolute atomic E-state index is 0.215. The van der Waals surface area contributed by atoms with E-state index in [1.807, 2.05) is 23.7 Å². The molecule has 3 nitrogen and oxygen atoms in total. The van der Waals surface area contributed by atoms with Crippen LogP contribution in [0.2, 0.25) is 0 Å². The molecule has 1 fully saturated rings. The fourth-order valence-electron chi connectivity index (χ4n) is 1.85. The van der Waals surface area contributed by atoms with Crippen molar-refractivity contribution in [3.63, 3.8) is 0 Å². The highest BCUT2D eigenvalue weighted by Gasteiger charge is 2.27. The first-order valence-corrected chi connectivity index (χ1v) is 7.02. The SMILES string of the molecule is CSCCC(C)N(C)C(=O)C1CCNC1. The minimum atomic E-state index is 0.215. The zero-order chi connectivity index (χ0) is 11.3. The van der Waals surface area contributed by atoms with Gasteiger partial charge in [0.05, 0.1) is 5.92 Å². The highest BCUT2D eigenvalue weighted by molar-refractivity contribution is 7.98. The van der Waals surface area contributed by atoms with Crippen molar-refractivity contribution in [3.8, 4) is 0 Å². The number of hydrogen-bond donors (Lipinski definition) is 1. The van der Waals surface area contributed by atoms with E-state index in [0.717, 1.165) is 31.7 Å². The third-order valence-corrected chi connectivity index (χ3v) is 3.80. The molecule has 0 aromatic carbocycles. The second-order valence-corrected chi connectivity index (χ2v) is 5.25. The highest BCUT2D eigenvalue weighted by Crippen LogP contribution is 2.14. The lowest BCUT2D eigenvalue weighted by Gasteiger charge is -2.27. The summed E-state index contributed by atoms with van der Waals surface area (Å²) in [7, 11) is 1.94. The maximum atomic E-state index is 12.0. The maximum absolute atomic E-state index is 12.0. The van der Waals surface area contributed by atoms with E-state index in [2.05, 4.69) is 18.5 Å². The molecule has 0 spiro atoms. The van der Waals surface area contributed by atoms with Crippen molar-refractivity contribution in [1.29, 1.82) is 0 Å². The lowest BCUT2D eigenvalue weighted by atomic mass is 10.1. The molecule has 1 aliphatic rings. The average molecular weight is 230 g/mol. The Morgan fingerprint density at radius 3 is 2.93 bits per heavy atom. The number of hydrogen-bond acceptors (Lipinski definition) is 3. The minimum Gasteiger partial charge on any atom is -0.343 e. The van der Waals surface area contributed by atoms with Gasteiger partial charge in [-0.15, -0.1) is 0 Å². The second kappa shape index (κ2) is 6.38. The molecule has 1 heterocycles. The second-order valence-electron chi connectivity index (χ2n) is 4.27. The van der Waals surface area contributed by atoms with Crippen molar-refractivity contribution in [1.82, 2.24) is 10.2 Å². The van der Waals surface area contributed by atoms with E-state index in [1.165, 1.54) is 0 Å². The van der Waals surface area contributed by atoms with Gasteiger partial charge in [-0.1, -0.05) is 0 Å². The van der Waals surface area contributed by atoms with Crippen LogP contribution in [0.25, 0.3) is 0 Å². The summed E-state index contributed by atoms with van der Waals surface area (Å²) in [6.07, 6.45) is 4.19. The number of rotatable bonds is 5. The molecule has 1 amide bonds. The number of nitrogens with one attached hydrogen (secondary N) is 1. The van der Waals surface area contributed by atoms with E-state index in [9.17, 15) is 4.79 Å². The van der Waals surface area contributed by atoms with Crippen LogP contribution in [0.3, 0.4) is 0 Å². The van der Waals surface area contributed by atoms with E-state index in [4.69, 9.17) is 0 Å². The summed E-state index contributed by atoms with van der Waals surface area (Å²) >= 11 is 1.84. The smallest absolute Gasteiger partial charge is 0.226 e. The molecule has 88 valence electrons. The molecule has 0 radical (unpaired) electrons. The third-order valence-electron chi connectivity index (χ3n) is 3.16. The van der Waals surface area contributed by atoms with E-state index >= 15 is 0 Å². The molecule has 0 aromatic heterocycles. The van der Waals surface area contributed by atoms with E-state index in [-0.39, 0.29) is 5.92 Å². The Bertz CT molecular complexity index is 205. The number of carbonyl (C=O) groups excluding carboxylic acids is 1. The van der Waals surface area contributed by atoms with E-state index in [1.54, 1.807) is 0 Å². The van der Waals surface area contributed by atoms with Crippen molar-refractivity contribution < 1.29 is 4.79 Å². The van der Waals surface area contributed by atoms with Gasteiger partial charge >= 0.3 is 0 Å². The standard InChI is InChI=1S/C11H22N2OS/c1-9(5-7-15-3)13(2)11(14)10-4-6-12-8-10/h9-10,12H,4-8H2,1-3H3. The molecule has 0 aliphatic carbocycles. The predicted molar refractivity (Wildman–Crippen MR) is 66.2 cm³/mol. The van der Waals surface area contributed by atoms with Gasteiger partial charge in [-0.3, -0.25) is 4.79 Å². The lowest BCUT2D eigenvalue weighted by molar-refractivity contribution is -0.135. The Morgan fingerprint density at radius 1 is 1.67 bits per heavy atom. The fourth-order valence-corrected chi connectivity index (χ4v) is 2.43. The van der Waals surface area contributed by atoms with Gasteiger partial charge in [0.2, 0.25) is 5.91 Å². The van der Waals surface area contributed by atoms with Gasteiger partial charge in [-0.25, -0.2) is 0 Å². The zero-order valence-corrected chi connectivity index (χ0v) is 10.8. The summed E-state index contributed by atoms with van der Waals surface area (Å²) < 4.78 is 0. The van der Waals surface area contributed by atoms with Gasteiger partial charge in [-0.2, -0.15) is 11.8 Å². The maximum Gasteiger partial charge on any atom is 0.226 e. The first-order valence-electron chi connectivity index (χ1n) is 5.63. The Hall–Kier alpha value is -0.220. The summed E-state index contributed by atoms with van der Waals surface area (Å²) in [5, 5.41) is 3.24. The van der Waals surface area contributed by atoms with Gasteiger partial charge in [-0.05, 0) is 38.3 Å². The number of carbonyl (C=O) groups is 1. The molecule has 1 saturated heterocycles. The molecule has 1 aliphatic heterocycles. The molecule has 15 heavy (non-hydrogen) atoms. The van der Waals surface area contributed by atoms with Crippen molar-refractivity contribution in [2.24, 2.45) is 5.92 Å². The van der Waals surface area contributed by atoms with Crippen molar-refractivity contribution in [3.05, 3.63) is 0 Å². The first-order chi connectivity index (χ1) is 7.16. The monoisotopic (exact) mass is 230 g/mol. The normalized spacial score (nSPS) is 22.7. The van der Waals surface area contributed by atoms with Crippen LogP contribution < -0.4 is 5.32 Å². The molecule has 0 bridgehead atoms. The molecular formula is C11H22N2OS. The molecule has 0 saturated carbocycles. The third kappa shape index (κ3) is 3.68. The van der Waals surface area contributed by atoms with Crippen molar-refractivity contribution in [2.45, 2.75) is 25.8 Å². The molecule has 1 rings (SSSR count). The molecule has 2 unspecified atom stereocenters. The summed E-state index contributed by atoms with van der Waals surface area (Å²) in [6.45, 7) is 3.98. The topological polar surface area (TPSA) is 32.3 Å². The summed E-state index contributed by atoms with van der Waals surface area (Å²) in [5.41, 5.74) is 0. The lowest BCUT2D eigenvalue weighted by Crippen LogP contribution is -2.40.